The Morgan fingerprint density at radius 2 is 0.902 bits per heavy atom. The zero-order chi connectivity index (χ0) is 27.6. The molecule has 6 aromatic carbocycles. The standard InChI is InChI=1S/C37H24ClN3/c38-30-22-23-33(34(24-30)26-10-3-1-4-11-26)37-40-35(28-13-5-2-6-14-28)39-36(41-37)29-20-18-27(19-21-29)32-17-9-15-25-12-7-8-16-31(25)32/h1-24H. The summed E-state index contributed by atoms with van der Waals surface area (Å²) in [6, 6.07) is 49.4. The van der Waals surface area contributed by atoms with Crippen LogP contribution in [0.4, 0.5) is 0 Å². The lowest BCUT2D eigenvalue weighted by atomic mass is 9.97. The second-order valence-electron chi connectivity index (χ2n) is 9.83. The second kappa shape index (κ2) is 10.8. The van der Waals surface area contributed by atoms with Gasteiger partial charge in [0, 0.05) is 21.7 Å². The molecule has 0 saturated carbocycles. The fraction of sp³-hybridized carbons (Fsp3) is 0. The maximum Gasteiger partial charge on any atom is 0.164 e. The quantitative estimate of drug-likeness (QED) is 0.216. The van der Waals surface area contributed by atoms with E-state index in [9.17, 15) is 0 Å². The van der Waals surface area contributed by atoms with E-state index in [1.165, 1.54) is 16.3 Å². The molecule has 4 heteroatoms. The molecule has 7 aromatic rings. The van der Waals surface area contributed by atoms with Crippen molar-refractivity contribution in [3.63, 3.8) is 0 Å². The Bertz CT molecular complexity index is 1980. The van der Waals surface area contributed by atoms with Crippen molar-refractivity contribution in [1.82, 2.24) is 15.0 Å². The van der Waals surface area contributed by atoms with Gasteiger partial charge in [-0.15, -0.1) is 0 Å². The van der Waals surface area contributed by atoms with Gasteiger partial charge in [0.1, 0.15) is 0 Å². The molecule has 0 spiro atoms. The Hall–Kier alpha value is -5.12. The van der Waals surface area contributed by atoms with Crippen molar-refractivity contribution >= 4 is 22.4 Å². The zero-order valence-electron chi connectivity index (χ0n) is 22.1. The Balaban J connectivity index is 1.37. The van der Waals surface area contributed by atoms with Crippen LogP contribution in [-0.4, -0.2) is 15.0 Å². The number of halogens is 1. The SMILES string of the molecule is Clc1ccc(-c2nc(-c3ccccc3)nc(-c3ccc(-c4cccc5ccccc45)cc3)n2)c(-c2ccccc2)c1. The number of hydrogen-bond donors (Lipinski definition) is 0. The minimum Gasteiger partial charge on any atom is -0.208 e. The van der Waals surface area contributed by atoms with Gasteiger partial charge in [0.05, 0.1) is 0 Å². The molecule has 0 aliphatic rings. The highest BCUT2D eigenvalue weighted by Gasteiger charge is 2.16. The fourth-order valence-electron chi connectivity index (χ4n) is 5.19. The van der Waals surface area contributed by atoms with Crippen LogP contribution in [0.15, 0.2) is 146 Å². The lowest BCUT2D eigenvalue weighted by Crippen LogP contribution is -2.01. The molecule has 41 heavy (non-hydrogen) atoms. The third-order valence-electron chi connectivity index (χ3n) is 7.22. The minimum absolute atomic E-state index is 0.600. The molecule has 0 fully saturated rings. The minimum atomic E-state index is 0.600. The molecule has 7 rings (SSSR count). The first-order valence-corrected chi connectivity index (χ1v) is 13.9. The molecule has 0 atom stereocenters. The molecular weight excluding hydrogens is 522 g/mol. The maximum atomic E-state index is 6.46. The van der Waals surface area contributed by atoms with E-state index < -0.39 is 0 Å². The molecule has 1 aromatic heterocycles. The number of nitrogens with zero attached hydrogens (tertiary/aromatic N) is 3. The van der Waals surface area contributed by atoms with Gasteiger partial charge in [0.25, 0.3) is 0 Å². The molecule has 0 aliphatic carbocycles. The molecule has 0 unspecified atom stereocenters. The summed E-state index contributed by atoms with van der Waals surface area (Å²) in [6.45, 7) is 0. The smallest absolute Gasteiger partial charge is 0.164 e. The molecule has 0 saturated heterocycles. The first-order valence-electron chi connectivity index (χ1n) is 13.5. The van der Waals surface area contributed by atoms with Crippen LogP contribution < -0.4 is 0 Å². The van der Waals surface area contributed by atoms with Crippen molar-refractivity contribution in [3.05, 3.63) is 151 Å². The summed E-state index contributed by atoms with van der Waals surface area (Å²) in [6.07, 6.45) is 0. The van der Waals surface area contributed by atoms with Gasteiger partial charge in [-0.3, -0.25) is 0 Å². The van der Waals surface area contributed by atoms with Crippen LogP contribution in [0.5, 0.6) is 0 Å². The van der Waals surface area contributed by atoms with E-state index in [1.807, 2.05) is 66.7 Å². The summed E-state index contributed by atoms with van der Waals surface area (Å²) in [4.78, 5) is 14.9. The van der Waals surface area contributed by atoms with Gasteiger partial charge >= 0.3 is 0 Å². The predicted octanol–water partition coefficient (Wildman–Crippen LogP) is 10.0. The van der Waals surface area contributed by atoms with Gasteiger partial charge in [-0.2, -0.15) is 0 Å². The second-order valence-corrected chi connectivity index (χ2v) is 10.3. The van der Waals surface area contributed by atoms with Crippen molar-refractivity contribution < 1.29 is 0 Å². The van der Waals surface area contributed by atoms with Crippen molar-refractivity contribution in [2.45, 2.75) is 0 Å². The van der Waals surface area contributed by atoms with Crippen LogP contribution in [0.2, 0.25) is 5.02 Å². The third kappa shape index (κ3) is 5.00. The van der Waals surface area contributed by atoms with E-state index in [4.69, 9.17) is 26.6 Å². The van der Waals surface area contributed by atoms with Gasteiger partial charge in [-0.1, -0.05) is 139 Å². The maximum absolute atomic E-state index is 6.46. The number of rotatable bonds is 5. The van der Waals surface area contributed by atoms with E-state index in [-0.39, 0.29) is 0 Å². The van der Waals surface area contributed by atoms with Gasteiger partial charge in [-0.25, -0.2) is 15.0 Å². The molecule has 3 nitrogen and oxygen atoms in total. The van der Waals surface area contributed by atoms with Crippen molar-refractivity contribution in [1.29, 1.82) is 0 Å². The van der Waals surface area contributed by atoms with Gasteiger partial charge in [0.2, 0.25) is 0 Å². The van der Waals surface area contributed by atoms with Crippen LogP contribution in [-0.2, 0) is 0 Å². The van der Waals surface area contributed by atoms with Gasteiger partial charge < -0.3 is 0 Å². The van der Waals surface area contributed by atoms with E-state index in [0.717, 1.165) is 33.4 Å². The summed E-state index contributed by atoms with van der Waals surface area (Å²) in [5.41, 5.74) is 7.11. The monoisotopic (exact) mass is 545 g/mol. The van der Waals surface area contributed by atoms with Crippen molar-refractivity contribution in [3.8, 4) is 56.4 Å². The third-order valence-corrected chi connectivity index (χ3v) is 7.45. The highest BCUT2D eigenvalue weighted by molar-refractivity contribution is 6.31. The summed E-state index contributed by atoms with van der Waals surface area (Å²) in [7, 11) is 0. The van der Waals surface area contributed by atoms with Crippen molar-refractivity contribution in [2.24, 2.45) is 0 Å². The van der Waals surface area contributed by atoms with E-state index in [2.05, 4.69) is 78.9 Å². The normalized spacial score (nSPS) is 11.0. The number of hydrogen-bond acceptors (Lipinski definition) is 3. The van der Waals surface area contributed by atoms with E-state index in [1.54, 1.807) is 0 Å². The Labute approximate surface area is 243 Å². The molecule has 0 radical (unpaired) electrons. The molecule has 0 aliphatic heterocycles. The number of fused-ring (bicyclic) bond motifs is 1. The highest BCUT2D eigenvalue weighted by atomic mass is 35.5. The number of benzene rings is 6. The lowest BCUT2D eigenvalue weighted by molar-refractivity contribution is 1.07. The molecule has 194 valence electrons. The molecule has 0 N–H and O–H groups in total. The van der Waals surface area contributed by atoms with Crippen LogP contribution in [0.25, 0.3) is 67.2 Å². The number of aromatic nitrogens is 3. The molecular formula is C37H24ClN3. The van der Waals surface area contributed by atoms with Crippen molar-refractivity contribution in [2.75, 3.05) is 0 Å². The van der Waals surface area contributed by atoms with Gasteiger partial charge in [0.15, 0.2) is 17.5 Å². The Morgan fingerprint density at radius 3 is 1.63 bits per heavy atom. The Morgan fingerprint density at radius 1 is 0.366 bits per heavy atom. The van der Waals surface area contributed by atoms with E-state index in [0.29, 0.717) is 22.5 Å². The van der Waals surface area contributed by atoms with Crippen LogP contribution >= 0.6 is 11.6 Å². The van der Waals surface area contributed by atoms with Crippen LogP contribution in [0.1, 0.15) is 0 Å². The fourth-order valence-corrected chi connectivity index (χ4v) is 5.36. The first-order chi connectivity index (χ1) is 20.2. The van der Waals surface area contributed by atoms with Crippen LogP contribution in [0.3, 0.4) is 0 Å². The summed E-state index contributed by atoms with van der Waals surface area (Å²) < 4.78 is 0. The first kappa shape index (κ1) is 24.9. The van der Waals surface area contributed by atoms with Gasteiger partial charge in [-0.05, 0) is 51.2 Å². The highest BCUT2D eigenvalue weighted by Crippen LogP contribution is 2.35. The topological polar surface area (TPSA) is 38.7 Å². The van der Waals surface area contributed by atoms with E-state index >= 15 is 0 Å². The molecule has 1 heterocycles. The molecule has 0 amide bonds. The average Bonchev–Trinajstić information content (AvgIpc) is 3.05. The average molecular weight is 546 g/mol. The largest absolute Gasteiger partial charge is 0.208 e. The zero-order valence-corrected chi connectivity index (χ0v) is 22.8. The predicted molar refractivity (Wildman–Crippen MR) is 170 cm³/mol. The Kier molecular flexibility index (Phi) is 6.56. The van der Waals surface area contributed by atoms with Crippen LogP contribution in [0, 0.1) is 0 Å². The summed E-state index contributed by atoms with van der Waals surface area (Å²) in [5, 5.41) is 3.11. The lowest BCUT2D eigenvalue weighted by Gasteiger charge is -2.13. The summed E-state index contributed by atoms with van der Waals surface area (Å²) >= 11 is 6.46. The molecule has 0 bridgehead atoms. The summed E-state index contributed by atoms with van der Waals surface area (Å²) in [5.74, 6) is 1.84.